The highest BCUT2D eigenvalue weighted by Crippen LogP contribution is 2.15. The molecular weight excluding hydrogens is 196 g/mol. The highest BCUT2D eigenvalue weighted by molar-refractivity contribution is 5.83. The smallest absolute Gasteiger partial charge is 0.335 e. The lowest BCUT2D eigenvalue weighted by molar-refractivity contribution is -0.128. The summed E-state index contributed by atoms with van der Waals surface area (Å²) < 4.78 is 9.00. The maximum Gasteiger partial charge on any atom is 0.335 e. The molecule has 1 aromatic rings. The van der Waals surface area contributed by atoms with E-state index in [0.717, 1.165) is 6.08 Å². The Balaban J connectivity index is 0.000000583. The van der Waals surface area contributed by atoms with Gasteiger partial charge in [0.2, 0.25) is 0 Å². The summed E-state index contributed by atoms with van der Waals surface area (Å²) in [6, 6.07) is 5.87. The molecule has 0 spiro atoms. The first-order valence-electron chi connectivity index (χ1n) is 4.17. The van der Waals surface area contributed by atoms with Crippen LogP contribution in [-0.2, 0) is 9.53 Å². The summed E-state index contributed by atoms with van der Waals surface area (Å²) in [4.78, 5) is 10.7. The summed E-state index contributed by atoms with van der Waals surface area (Å²) in [5.74, 6) is 0.00629. The lowest BCUT2D eigenvalue weighted by atomic mass is 10.3. The molecule has 0 unspecified atom stereocenters. The van der Waals surface area contributed by atoms with Crippen molar-refractivity contribution in [1.82, 2.24) is 0 Å². The number of phenolic OH excluding ortho intramolecular Hbond substituents is 1. The molecule has 0 aliphatic heterocycles. The largest absolute Gasteiger partial charge is 0.508 e. The molecule has 0 fully saturated rings. The molecular formula is C11H14O4. The Morgan fingerprint density at radius 2 is 1.80 bits per heavy atom. The molecule has 15 heavy (non-hydrogen) atoms. The molecule has 0 atom stereocenters. The fraction of sp³-hybridized carbons (Fsp3) is 0.182. The minimum atomic E-state index is -0.513. The summed E-state index contributed by atoms with van der Waals surface area (Å²) in [5.41, 5.74) is 0. The number of aromatic hydroxyl groups is 1. The monoisotopic (exact) mass is 210 g/mol. The number of carbonyl (C=O) groups excluding carboxylic acids is 1. The molecule has 0 amide bonds. The second-order valence-electron chi connectivity index (χ2n) is 2.53. The molecule has 0 bridgehead atoms. The highest BCUT2D eigenvalue weighted by Gasteiger charge is 1.97. The Labute approximate surface area is 88.8 Å². The van der Waals surface area contributed by atoms with E-state index in [0.29, 0.717) is 5.75 Å². The molecule has 1 aromatic carbocycles. The molecule has 0 heterocycles. The number of carbonyl (C=O) groups is 1. The van der Waals surface area contributed by atoms with Crippen LogP contribution in [-0.4, -0.2) is 25.3 Å². The third-order valence-electron chi connectivity index (χ3n) is 1.22. The Morgan fingerprint density at radius 1 is 1.33 bits per heavy atom. The van der Waals surface area contributed by atoms with Gasteiger partial charge < -0.3 is 14.6 Å². The molecule has 0 aromatic heterocycles. The van der Waals surface area contributed by atoms with Gasteiger partial charge in [0.05, 0.1) is 0 Å². The Hall–Kier alpha value is -1.81. The number of esters is 1. The zero-order valence-corrected chi connectivity index (χ0v) is 8.77. The van der Waals surface area contributed by atoms with Gasteiger partial charge in [-0.25, -0.2) is 4.79 Å². The van der Waals surface area contributed by atoms with Crippen LogP contribution in [0.25, 0.3) is 0 Å². The topological polar surface area (TPSA) is 55.8 Å². The average molecular weight is 210 g/mol. The summed E-state index contributed by atoms with van der Waals surface area (Å²) in [6.45, 7) is 3.25. The molecule has 82 valence electrons. The molecule has 4 nitrogen and oxygen atoms in total. The standard InChI is InChI=1S/C9H8O3.C2H6O/c1-2-9(11)12-8-5-3-7(10)4-6-8;1-3-2/h2-6,10H,1H2;1-2H3. The summed E-state index contributed by atoms with van der Waals surface area (Å²) in [6.07, 6.45) is 1.08. The van der Waals surface area contributed by atoms with Crippen LogP contribution >= 0.6 is 0 Å². The summed E-state index contributed by atoms with van der Waals surface area (Å²) in [5, 5.41) is 8.89. The van der Waals surface area contributed by atoms with Crippen molar-refractivity contribution in [1.29, 1.82) is 0 Å². The van der Waals surface area contributed by atoms with Crippen LogP contribution < -0.4 is 4.74 Å². The van der Waals surface area contributed by atoms with Crippen molar-refractivity contribution in [2.75, 3.05) is 14.2 Å². The molecule has 1 N–H and O–H groups in total. The Morgan fingerprint density at radius 3 is 2.20 bits per heavy atom. The van der Waals surface area contributed by atoms with Crippen LogP contribution in [0, 0.1) is 0 Å². The van der Waals surface area contributed by atoms with E-state index < -0.39 is 5.97 Å². The lowest BCUT2D eigenvalue weighted by Gasteiger charge is -1.99. The van der Waals surface area contributed by atoms with E-state index in [2.05, 4.69) is 11.3 Å². The maximum absolute atomic E-state index is 10.7. The van der Waals surface area contributed by atoms with E-state index in [4.69, 9.17) is 9.84 Å². The van der Waals surface area contributed by atoms with E-state index in [1.54, 1.807) is 14.2 Å². The van der Waals surface area contributed by atoms with E-state index in [-0.39, 0.29) is 5.75 Å². The van der Waals surface area contributed by atoms with Crippen molar-refractivity contribution in [2.24, 2.45) is 0 Å². The Kier molecular flexibility index (Phi) is 6.67. The molecule has 0 aliphatic carbocycles. The lowest BCUT2D eigenvalue weighted by Crippen LogP contribution is -2.02. The second-order valence-corrected chi connectivity index (χ2v) is 2.53. The van der Waals surface area contributed by atoms with Crippen LogP contribution in [0.5, 0.6) is 11.5 Å². The van der Waals surface area contributed by atoms with Gasteiger partial charge in [-0.2, -0.15) is 0 Å². The first-order valence-corrected chi connectivity index (χ1v) is 4.17. The number of methoxy groups -OCH3 is 1. The van der Waals surface area contributed by atoms with Gasteiger partial charge >= 0.3 is 5.97 Å². The van der Waals surface area contributed by atoms with Gasteiger partial charge in [-0.15, -0.1) is 0 Å². The normalized spacial score (nSPS) is 8.40. The van der Waals surface area contributed by atoms with Gasteiger partial charge in [0.15, 0.2) is 0 Å². The molecule has 4 heteroatoms. The third-order valence-corrected chi connectivity index (χ3v) is 1.22. The minimum Gasteiger partial charge on any atom is -0.508 e. The van der Waals surface area contributed by atoms with Crippen molar-refractivity contribution in [3.8, 4) is 11.5 Å². The third kappa shape index (κ3) is 6.29. The van der Waals surface area contributed by atoms with Gasteiger partial charge in [-0.1, -0.05) is 6.58 Å². The van der Waals surface area contributed by atoms with E-state index in [1.807, 2.05) is 0 Å². The first kappa shape index (κ1) is 13.2. The van der Waals surface area contributed by atoms with Crippen molar-refractivity contribution < 1.29 is 19.4 Å². The predicted molar refractivity (Wildman–Crippen MR) is 56.9 cm³/mol. The predicted octanol–water partition coefficient (Wildman–Crippen LogP) is 1.75. The van der Waals surface area contributed by atoms with Crippen LogP contribution in [0.2, 0.25) is 0 Å². The van der Waals surface area contributed by atoms with Gasteiger partial charge in [0.25, 0.3) is 0 Å². The van der Waals surface area contributed by atoms with Crippen LogP contribution in [0.15, 0.2) is 36.9 Å². The number of rotatable bonds is 2. The van der Waals surface area contributed by atoms with Crippen molar-refractivity contribution in [3.63, 3.8) is 0 Å². The fourth-order valence-electron chi connectivity index (χ4n) is 0.672. The van der Waals surface area contributed by atoms with Crippen molar-refractivity contribution >= 4 is 5.97 Å². The SMILES string of the molecule is C=CC(=O)Oc1ccc(O)cc1.COC. The molecule has 0 radical (unpaired) electrons. The molecule has 1 rings (SSSR count). The van der Waals surface area contributed by atoms with E-state index >= 15 is 0 Å². The quantitative estimate of drug-likeness (QED) is 0.459. The number of hydrogen-bond donors (Lipinski definition) is 1. The minimum absolute atomic E-state index is 0.133. The van der Waals surface area contributed by atoms with Gasteiger partial charge in [-0.3, -0.25) is 0 Å². The van der Waals surface area contributed by atoms with Gasteiger partial charge in [0.1, 0.15) is 11.5 Å². The zero-order valence-electron chi connectivity index (χ0n) is 8.77. The number of ether oxygens (including phenoxy) is 2. The number of hydrogen-bond acceptors (Lipinski definition) is 4. The first-order chi connectivity index (χ1) is 7.13. The van der Waals surface area contributed by atoms with Gasteiger partial charge in [0, 0.05) is 20.3 Å². The van der Waals surface area contributed by atoms with Crippen molar-refractivity contribution in [2.45, 2.75) is 0 Å². The fourth-order valence-corrected chi connectivity index (χ4v) is 0.672. The molecule has 0 saturated carbocycles. The van der Waals surface area contributed by atoms with E-state index in [1.165, 1.54) is 24.3 Å². The highest BCUT2D eigenvalue weighted by atomic mass is 16.5. The molecule has 0 aliphatic rings. The van der Waals surface area contributed by atoms with Crippen LogP contribution in [0.3, 0.4) is 0 Å². The second kappa shape index (κ2) is 7.58. The Bertz CT molecular complexity index is 303. The summed E-state index contributed by atoms with van der Waals surface area (Å²) >= 11 is 0. The van der Waals surface area contributed by atoms with Crippen LogP contribution in [0.1, 0.15) is 0 Å². The average Bonchev–Trinajstić information content (AvgIpc) is 2.22. The zero-order chi connectivity index (χ0) is 11.7. The van der Waals surface area contributed by atoms with Crippen LogP contribution in [0.4, 0.5) is 0 Å². The maximum atomic E-state index is 10.7. The number of benzene rings is 1. The van der Waals surface area contributed by atoms with E-state index in [9.17, 15) is 4.79 Å². The van der Waals surface area contributed by atoms with Crippen molar-refractivity contribution in [3.05, 3.63) is 36.9 Å². The summed E-state index contributed by atoms with van der Waals surface area (Å²) in [7, 11) is 3.25. The number of phenols is 1. The van der Waals surface area contributed by atoms with Gasteiger partial charge in [-0.05, 0) is 24.3 Å². The molecule has 0 saturated heterocycles.